The lowest BCUT2D eigenvalue weighted by molar-refractivity contribution is 1.41. The number of hydrogen-bond donors (Lipinski definition) is 0. The van der Waals surface area contributed by atoms with E-state index in [1.807, 2.05) is 60.7 Å². The molecule has 3 aromatic rings. The van der Waals surface area contributed by atoms with Crippen molar-refractivity contribution in [2.45, 2.75) is 0 Å². The Morgan fingerprint density at radius 1 is 0.571 bits per heavy atom. The van der Waals surface area contributed by atoms with Gasteiger partial charge in [-0.1, -0.05) is 72.8 Å². The van der Waals surface area contributed by atoms with Crippen LogP contribution in [0.5, 0.6) is 0 Å². The van der Waals surface area contributed by atoms with Crippen molar-refractivity contribution in [1.82, 2.24) is 0 Å². The third-order valence-corrected chi connectivity index (χ3v) is 4.30. The molecule has 0 fully saturated rings. The van der Waals surface area contributed by atoms with Crippen LogP contribution in [-0.2, 0) is 0 Å². The van der Waals surface area contributed by atoms with E-state index >= 15 is 0 Å². The molecule has 4 heteroatoms. The second-order valence-corrected chi connectivity index (χ2v) is 5.88. The van der Waals surface area contributed by atoms with Crippen LogP contribution in [0.2, 0.25) is 0 Å². The Kier molecular flexibility index (Phi) is 5.29. The van der Waals surface area contributed by atoms with Gasteiger partial charge in [0.1, 0.15) is 30.9 Å². The fourth-order valence-electron chi connectivity index (χ4n) is 2.80. The van der Waals surface area contributed by atoms with Crippen molar-refractivity contribution in [1.29, 1.82) is 10.5 Å². The molecule has 0 aliphatic heterocycles. The van der Waals surface area contributed by atoms with Crippen LogP contribution in [0.1, 0.15) is 0 Å². The van der Waals surface area contributed by atoms with Crippen molar-refractivity contribution in [3.63, 3.8) is 0 Å². The molecule has 0 saturated carbocycles. The summed E-state index contributed by atoms with van der Waals surface area (Å²) in [5.41, 5.74) is 0.0992. The van der Waals surface area contributed by atoms with Crippen LogP contribution in [0.25, 0.3) is 21.1 Å². The average molecular weight is 356 g/mol. The van der Waals surface area contributed by atoms with Gasteiger partial charge in [-0.05, 0) is 20.9 Å². The highest BCUT2D eigenvalue weighted by Gasteiger charge is 2.01. The van der Waals surface area contributed by atoms with Crippen LogP contribution < -0.4 is 10.4 Å². The molecular weight excluding hydrogens is 344 g/mol. The molecule has 0 amide bonds. The van der Waals surface area contributed by atoms with Crippen molar-refractivity contribution < 1.29 is 0 Å². The highest BCUT2D eigenvalue weighted by atomic mass is 14.9. The van der Waals surface area contributed by atoms with Gasteiger partial charge >= 0.3 is 5.82 Å². The lowest BCUT2D eigenvalue weighted by atomic mass is 10.1. The second kappa shape index (κ2) is 8.16. The molecule has 0 spiro atoms. The van der Waals surface area contributed by atoms with Crippen molar-refractivity contribution in [3.8, 4) is 12.1 Å². The van der Waals surface area contributed by atoms with Gasteiger partial charge in [0.15, 0.2) is 0 Å². The summed E-state index contributed by atoms with van der Waals surface area (Å²) >= 11 is 0. The third kappa shape index (κ3) is 3.63. The molecule has 28 heavy (non-hydrogen) atoms. The topological polar surface area (TPSA) is 56.3 Å². The van der Waals surface area contributed by atoms with Gasteiger partial charge in [-0.3, -0.25) is 0 Å². The molecule has 0 N–H and O–H groups in total. The van der Waals surface area contributed by atoms with Crippen LogP contribution in [0.3, 0.4) is 0 Å². The molecule has 0 heterocycles. The van der Waals surface area contributed by atoms with E-state index in [1.165, 1.54) is 0 Å². The van der Waals surface area contributed by atoms with Crippen molar-refractivity contribution in [2.24, 2.45) is 0 Å². The summed E-state index contributed by atoms with van der Waals surface area (Å²) < 4.78 is 0. The molecular formula is C24H12N4. The van der Waals surface area contributed by atoms with E-state index in [2.05, 4.69) is 9.69 Å². The lowest BCUT2D eigenvalue weighted by Gasteiger charge is -1.92. The molecule has 0 radical (unpaired) electrons. The Balaban J connectivity index is 2.16. The van der Waals surface area contributed by atoms with Gasteiger partial charge in [0.25, 0.3) is 0 Å². The monoisotopic (exact) mass is 356 g/mol. The van der Waals surface area contributed by atoms with Crippen molar-refractivity contribution >= 4 is 11.4 Å². The summed E-state index contributed by atoms with van der Waals surface area (Å²) in [4.78, 5) is 6.46. The summed E-state index contributed by atoms with van der Waals surface area (Å²) in [6, 6.07) is 26.5. The predicted molar refractivity (Wildman–Crippen MR) is 105 cm³/mol. The summed E-state index contributed by atoms with van der Waals surface area (Å²) in [7, 11) is 0. The minimum Gasteiger partial charge on any atom is -0.192 e. The van der Waals surface area contributed by atoms with Gasteiger partial charge in [-0.2, -0.15) is 20.2 Å². The molecule has 0 unspecified atom stereocenters. The summed E-state index contributed by atoms with van der Waals surface area (Å²) in [6.07, 6.45) is 0. The zero-order chi connectivity index (χ0) is 19.9. The zero-order valence-corrected chi connectivity index (χ0v) is 14.7. The van der Waals surface area contributed by atoms with Gasteiger partial charge in [0.05, 0.1) is 5.22 Å². The van der Waals surface area contributed by atoms with Gasteiger partial charge in [0, 0.05) is 5.22 Å². The average Bonchev–Trinajstić information content (AvgIpc) is 2.77. The highest BCUT2D eigenvalue weighted by molar-refractivity contribution is 5.72. The fraction of sp³-hybridized carbons (Fsp3) is 0. The molecule has 0 aliphatic rings. The molecule has 0 aliphatic carbocycles. The number of nitrogens with zero attached hydrogens (tertiary/aromatic N) is 4. The van der Waals surface area contributed by atoms with E-state index in [0.29, 0.717) is 10.4 Å². The first-order valence-corrected chi connectivity index (χ1v) is 8.31. The van der Waals surface area contributed by atoms with Crippen LogP contribution in [-0.4, -0.2) is 0 Å². The SMILES string of the molecule is [C-]#[N+]C([N+]#[C-])=c1ccc(=c2ccc(=c3ccc(=C(C#N)C#N)cc3)cc2)cc1. The lowest BCUT2D eigenvalue weighted by Crippen LogP contribution is -2.02. The van der Waals surface area contributed by atoms with Crippen LogP contribution >= 0.6 is 0 Å². The minimum atomic E-state index is 0.0681. The van der Waals surface area contributed by atoms with Crippen molar-refractivity contribution in [3.05, 3.63) is 127 Å². The first-order valence-electron chi connectivity index (χ1n) is 8.31. The quantitative estimate of drug-likeness (QED) is 0.580. The summed E-state index contributed by atoms with van der Waals surface area (Å²) in [6.45, 7) is 14.0. The number of nitriles is 2. The summed E-state index contributed by atoms with van der Waals surface area (Å²) in [5.74, 6) is 0.0681. The maximum atomic E-state index is 8.94. The van der Waals surface area contributed by atoms with Crippen LogP contribution in [0.15, 0.2) is 72.8 Å². The first-order chi connectivity index (χ1) is 13.7. The third-order valence-electron chi connectivity index (χ3n) is 4.30. The Bertz CT molecular complexity index is 1330. The maximum Gasteiger partial charge on any atom is 0.526 e. The summed E-state index contributed by atoms with van der Waals surface area (Å²) in [5, 5.41) is 23.2. The number of benzene rings is 3. The standard InChI is InChI=1S/C24H12N4/c1-27-24(28-2)22-13-11-20(12-14-22)18-5-3-17(4-6-18)19-7-9-21(10-8-19)23(15-25)16-26/h3-14H. The zero-order valence-electron chi connectivity index (χ0n) is 14.7. The molecule has 0 atom stereocenters. The van der Waals surface area contributed by atoms with Crippen LogP contribution in [0, 0.1) is 56.7 Å². The minimum absolute atomic E-state index is 0.0681. The smallest absolute Gasteiger partial charge is 0.192 e. The molecule has 0 saturated heterocycles. The molecule has 4 nitrogen and oxygen atoms in total. The van der Waals surface area contributed by atoms with E-state index in [9.17, 15) is 0 Å². The van der Waals surface area contributed by atoms with E-state index < -0.39 is 0 Å². The normalized spacial score (nSPS) is 9.29. The molecule has 0 aromatic heterocycles. The molecule has 128 valence electrons. The van der Waals surface area contributed by atoms with Gasteiger partial charge in [-0.25, -0.2) is 0 Å². The van der Waals surface area contributed by atoms with Gasteiger partial charge < -0.3 is 0 Å². The van der Waals surface area contributed by atoms with Crippen LogP contribution in [0.4, 0.5) is 0 Å². The Hall–Kier alpha value is -4.64. The van der Waals surface area contributed by atoms with Gasteiger partial charge in [-0.15, -0.1) is 0 Å². The Labute approximate surface area is 161 Å². The molecule has 3 aromatic carbocycles. The largest absolute Gasteiger partial charge is 0.526 e. The number of hydrogen-bond acceptors (Lipinski definition) is 2. The van der Waals surface area contributed by atoms with E-state index in [0.717, 1.165) is 20.9 Å². The second-order valence-electron chi connectivity index (χ2n) is 5.88. The Morgan fingerprint density at radius 3 is 1.21 bits per heavy atom. The maximum absolute atomic E-state index is 8.94. The number of rotatable bonds is 0. The highest BCUT2D eigenvalue weighted by Crippen LogP contribution is 2.01. The fourth-order valence-corrected chi connectivity index (χ4v) is 2.80. The Morgan fingerprint density at radius 2 is 0.893 bits per heavy atom. The van der Waals surface area contributed by atoms with Crippen molar-refractivity contribution in [2.75, 3.05) is 0 Å². The van der Waals surface area contributed by atoms with E-state index in [-0.39, 0.29) is 11.4 Å². The predicted octanol–water partition coefficient (Wildman–Crippen LogP) is 3.36. The first kappa shape index (κ1) is 18.2. The van der Waals surface area contributed by atoms with E-state index in [4.69, 9.17) is 23.7 Å². The van der Waals surface area contributed by atoms with Gasteiger partial charge in [0.2, 0.25) is 0 Å². The van der Waals surface area contributed by atoms with E-state index in [1.54, 1.807) is 24.3 Å². The molecule has 0 bridgehead atoms. The molecule has 3 rings (SSSR count).